The molecule has 1 aromatic heterocycles. The molecule has 0 aliphatic heterocycles. The van der Waals surface area contributed by atoms with Gasteiger partial charge in [-0.15, -0.1) is 10.2 Å². The van der Waals surface area contributed by atoms with Gasteiger partial charge >= 0.3 is 0 Å². The van der Waals surface area contributed by atoms with Crippen LogP contribution >= 0.6 is 0 Å². The molecular weight excluding hydrogens is 164 g/mol. The van der Waals surface area contributed by atoms with Crippen LogP contribution in [0.4, 0.5) is 0 Å². The summed E-state index contributed by atoms with van der Waals surface area (Å²) in [6, 6.07) is 10.5. The minimum atomic E-state index is 0.652. The molecule has 0 spiro atoms. The van der Waals surface area contributed by atoms with Crippen LogP contribution in [0.3, 0.4) is 0 Å². The molecule has 0 N–H and O–H groups in total. The third-order valence-electron chi connectivity index (χ3n) is 1.70. The third-order valence-corrected chi connectivity index (χ3v) is 1.70. The van der Waals surface area contributed by atoms with E-state index in [-0.39, 0.29) is 0 Å². The van der Waals surface area contributed by atoms with Gasteiger partial charge in [0.25, 0.3) is 0 Å². The van der Waals surface area contributed by atoms with E-state index in [1.807, 2.05) is 31.2 Å². The molecule has 1 aromatic carbocycles. The highest BCUT2D eigenvalue weighted by Crippen LogP contribution is 2.10. The Morgan fingerprint density at radius 1 is 1.54 bits per heavy atom. The third kappa shape index (κ3) is 1.56. The fourth-order valence-electron chi connectivity index (χ4n) is 1.03. The highest BCUT2D eigenvalue weighted by Gasteiger charge is 2.02. The molecule has 0 bridgehead atoms. The monoisotopic (exact) mass is 173 g/mol. The van der Waals surface area contributed by atoms with Gasteiger partial charge in [-0.05, 0) is 24.3 Å². The number of aryl methyl sites for hydroxylation is 1. The van der Waals surface area contributed by atoms with Crippen molar-refractivity contribution in [2.75, 3.05) is 0 Å². The average Bonchev–Trinajstić information content (AvgIpc) is 2.67. The highest BCUT2D eigenvalue weighted by molar-refractivity contribution is 5.52. The Kier molecular flexibility index (Phi) is 2.04. The summed E-state index contributed by atoms with van der Waals surface area (Å²) in [6.45, 7) is 2.71. The Morgan fingerprint density at radius 2 is 2.46 bits per heavy atom. The van der Waals surface area contributed by atoms with Crippen LogP contribution in [0.15, 0.2) is 24.3 Å². The first-order valence-electron chi connectivity index (χ1n) is 4.14. The Bertz CT molecular complexity index is 380. The van der Waals surface area contributed by atoms with E-state index in [2.05, 4.69) is 21.5 Å². The molecule has 65 valence electrons. The molecule has 0 fully saturated rings. The minimum Gasteiger partial charge on any atom is -0.164 e. The lowest BCUT2D eigenvalue weighted by atomic mass is 10.2. The first-order chi connectivity index (χ1) is 6.40. The van der Waals surface area contributed by atoms with Crippen molar-refractivity contribution in [3.63, 3.8) is 0 Å². The summed E-state index contributed by atoms with van der Waals surface area (Å²) in [5, 5.41) is 12.0. The fraction of sp³-hybridized carbons (Fsp3) is 0.222. The lowest BCUT2D eigenvalue weighted by Crippen LogP contribution is -1.98. The van der Waals surface area contributed by atoms with Crippen molar-refractivity contribution in [3.05, 3.63) is 30.3 Å². The van der Waals surface area contributed by atoms with Crippen molar-refractivity contribution >= 4 is 0 Å². The molecule has 0 unspecified atom stereocenters. The van der Waals surface area contributed by atoms with Crippen LogP contribution in [0.1, 0.15) is 6.92 Å². The van der Waals surface area contributed by atoms with Crippen molar-refractivity contribution in [1.29, 1.82) is 0 Å². The maximum atomic E-state index is 4.17. The van der Waals surface area contributed by atoms with Crippen LogP contribution < -0.4 is 0 Å². The standard InChI is InChI=1S/C9H9N4/c1-2-13-11-9(10-12-13)8-6-4-3-5-7-8/h3-4,6-7H,2H2,1H3. The number of aromatic nitrogens is 4. The summed E-state index contributed by atoms with van der Waals surface area (Å²) in [7, 11) is 0. The van der Waals surface area contributed by atoms with E-state index in [9.17, 15) is 0 Å². The van der Waals surface area contributed by atoms with Gasteiger partial charge in [0.1, 0.15) is 0 Å². The van der Waals surface area contributed by atoms with E-state index in [0.29, 0.717) is 5.82 Å². The van der Waals surface area contributed by atoms with Crippen LogP contribution in [0.2, 0.25) is 0 Å². The Morgan fingerprint density at radius 3 is 3.08 bits per heavy atom. The fourth-order valence-corrected chi connectivity index (χ4v) is 1.03. The van der Waals surface area contributed by atoms with E-state index < -0.39 is 0 Å². The number of nitrogens with zero attached hydrogens (tertiary/aromatic N) is 4. The molecule has 1 radical (unpaired) electrons. The summed E-state index contributed by atoms with van der Waals surface area (Å²) in [5.41, 5.74) is 0.946. The van der Waals surface area contributed by atoms with E-state index in [0.717, 1.165) is 12.1 Å². The van der Waals surface area contributed by atoms with Crippen molar-refractivity contribution in [1.82, 2.24) is 20.2 Å². The number of rotatable bonds is 2. The van der Waals surface area contributed by atoms with Gasteiger partial charge in [0.2, 0.25) is 5.82 Å². The Labute approximate surface area is 76.2 Å². The smallest absolute Gasteiger partial charge is 0.164 e. The maximum absolute atomic E-state index is 4.17. The predicted molar refractivity (Wildman–Crippen MR) is 47.8 cm³/mol. The van der Waals surface area contributed by atoms with Gasteiger partial charge in [-0.2, -0.15) is 4.80 Å². The Hall–Kier alpha value is -1.71. The number of hydrogen-bond acceptors (Lipinski definition) is 3. The average molecular weight is 173 g/mol. The predicted octanol–water partition coefficient (Wildman–Crippen LogP) is 1.16. The highest BCUT2D eigenvalue weighted by atomic mass is 15.6. The van der Waals surface area contributed by atoms with Crippen molar-refractivity contribution in [2.24, 2.45) is 0 Å². The van der Waals surface area contributed by atoms with Gasteiger partial charge in [-0.25, -0.2) is 0 Å². The van der Waals surface area contributed by atoms with E-state index in [1.54, 1.807) is 4.80 Å². The van der Waals surface area contributed by atoms with Crippen LogP contribution in [0, 0.1) is 6.07 Å². The first-order valence-corrected chi connectivity index (χ1v) is 4.14. The van der Waals surface area contributed by atoms with E-state index in [1.165, 1.54) is 0 Å². The number of hydrogen-bond donors (Lipinski definition) is 0. The van der Waals surface area contributed by atoms with Gasteiger partial charge in [0.05, 0.1) is 6.54 Å². The normalized spacial score (nSPS) is 10.2. The summed E-state index contributed by atoms with van der Waals surface area (Å²) >= 11 is 0. The van der Waals surface area contributed by atoms with Crippen molar-refractivity contribution < 1.29 is 0 Å². The molecule has 0 aliphatic rings. The lowest BCUT2D eigenvalue weighted by Gasteiger charge is -1.90. The quantitative estimate of drug-likeness (QED) is 0.684. The summed E-state index contributed by atoms with van der Waals surface area (Å²) in [5.74, 6) is 0.652. The van der Waals surface area contributed by atoms with Gasteiger partial charge in [-0.3, -0.25) is 0 Å². The van der Waals surface area contributed by atoms with Crippen LogP contribution in [0.5, 0.6) is 0 Å². The number of benzene rings is 1. The molecule has 0 aliphatic carbocycles. The molecule has 4 nitrogen and oxygen atoms in total. The SMILES string of the molecule is CCn1nnc(-c2c[c]ccc2)n1. The largest absolute Gasteiger partial charge is 0.204 e. The maximum Gasteiger partial charge on any atom is 0.204 e. The zero-order chi connectivity index (χ0) is 9.10. The zero-order valence-electron chi connectivity index (χ0n) is 7.31. The lowest BCUT2D eigenvalue weighted by molar-refractivity contribution is 0.553. The first kappa shape index (κ1) is 7.91. The van der Waals surface area contributed by atoms with Crippen molar-refractivity contribution in [3.8, 4) is 11.4 Å². The van der Waals surface area contributed by atoms with Crippen molar-refractivity contribution in [2.45, 2.75) is 13.5 Å². The molecule has 2 rings (SSSR count). The Balaban J connectivity index is 2.36. The molecule has 4 heteroatoms. The van der Waals surface area contributed by atoms with Crippen LogP contribution in [0.25, 0.3) is 11.4 Å². The molecular formula is C9H9N4. The molecule has 0 amide bonds. The van der Waals surface area contributed by atoms with Gasteiger partial charge in [0, 0.05) is 5.56 Å². The molecule has 0 atom stereocenters. The van der Waals surface area contributed by atoms with E-state index in [4.69, 9.17) is 0 Å². The molecule has 2 aromatic rings. The number of tetrazole rings is 1. The van der Waals surface area contributed by atoms with Gasteiger partial charge < -0.3 is 0 Å². The second kappa shape index (κ2) is 3.35. The topological polar surface area (TPSA) is 43.6 Å². The van der Waals surface area contributed by atoms with Crippen LogP contribution in [-0.4, -0.2) is 20.2 Å². The summed E-state index contributed by atoms with van der Waals surface area (Å²) in [4.78, 5) is 1.56. The molecule has 0 saturated heterocycles. The second-order valence-corrected chi connectivity index (χ2v) is 2.59. The molecule has 0 saturated carbocycles. The minimum absolute atomic E-state index is 0.652. The zero-order valence-corrected chi connectivity index (χ0v) is 7.31. The molecule has 1 heterocycles. The van der Waals surface area contributed by atoms with Crippen LogP contribution in [-0.2, 0) is 6.54 Å². The van der Waals surface area contributed by atoms with Gasteiger partial charge in [0.15, 0.2) is 0 Å². The van der Waals surface area contributed by atoms with Gasteiger partial charge in [-0.1, -0.05) is 18.2 Å². The molecule has 13 heavy (non-hydrogen) atoms. The van der Waals surface area contributed by atoms with E-state index >= 15 is 0 Å². The second-order valence-electron chi connectivity index (χ2n) is 2.59. The summed E-state index contributed by atoms with van der Waals surface area (Å²) < 4.78 is 0. The summed E-state index contributed by atoms with van der Waals surface area (Å²) in [6.07, 6.45) is 0.